The van der Waals surface area contributed by atoms with Crippen molar-refractivity contribution in [2.75, 3.05) is 0 Å². The van der Waals surface area contributed by atoms with Crippen molar-refractivity contribution in [2.24, 2.45) is 8.04 Å². The largest absolute Gasteiger partial charge is 0.296 e. The molecule has 0 fully saturated rings. The first-order chi connectivity index (χ1) is 6.49. The smallest absolute Gasteiger partial charge is 0.282 e. The lowest BCUT2D eigenvalue weighted by Gasteiger charge is -2.07. The van der Waals surface area contributed by atoms with Crippen molar-refractivity contribution in [2.45, 2.75) is 0 Å². The Bertz CT molecular complexity index is 461. The van der Waals surface area contributed by atoms with Crippen molar-refractivity contribution >= 4 is 53.8 Å². The van der Waals surface area contributed by atoms with Crippen molar-refractivity contribution in [1.29, 1.82) is 0 Å². The minimum atomic E-state index is -4.28. The minimum Gasteiger partial charge on any atom is -0.282 e. The highest BCUT2D eigenvalue weighted by atomic mass is 79.9. The lowest BCUT2D eigenvalue weighted by atomic mass is 10.1. The van der Waals surface area contributed by atoms with Gasteiger partial charge in [0, 0.05) is 0 Å². The van der Waals surface area contributed by atoms with Gasteiger partial charge < -0.3 is 0 Å². The normalized spacial score (nSPS) is 22.9. The summed E-state index contributed by atoms with van der Waals surface area (Å²) in [7, 11) is -4.28. The number of nitrogens with zero attached hydrogens (tertiary/aromatic N) is 2. The van der Waals surface area contributed by atoms with Gasteiger partial charge in [0.2, 0.25) is 0 Å². The van der Waals surface area contributed by atoms with Gasteiger partial charge in [0.05, 0.1) is 43.7 Å². The zero-order chi connectivity index (χ0) is 10.8. The van der Waals surface area contributed by atoms with Gasteiger partial charge in [0.1, 0.15) is 4.91 Å². The third kappa shape index (κ3) is 2.59. The van der Waals surface area contributed by atoms with Crippen LogP contribution in [0.5, 0.6) is 0 Å². The zero-order valence-corrected chi connectivity index (χ0v) is 10.5. The van der Waals surface area contributed by atoms with Crippen LogP contribution in [-0.4, -0.2) is 24.4 Å². The Balaban J connectivity index is 3.31. The van der Waals surface area contributed by atoms with Crippen LogP contribution in [0.3, 0.4) is 0 Å². The van der Waals surface area contributed by atoms with Gasteiger partial charge in [-0.15, -0.1) is 0 Å². The molecule has 0 atom stereocenters. The average Bonchev–Trinajstić information content (AvgIpc) is 2.15. The molecule has 14 heavy (non-hydrogen) atoms. The quantitative estimate of drug-likeness (QED) is 0.582. The second kappa shape index (κ2) is 4.47. The van der Waals surface area contributed by atoms with Crippen LogP contribution in [-0.2, 0) is 10.1 Å². The maximum Gasteiger partial charge on any atom is 0.296 e. The van der Waals surface area contributed by atoms with Gasteiger partial charge in [-0.05, 0) is 18.2 Å². The highest BCUT2D eigenvalue weighted by Gasteiger charge is 2.21. The number of hydrogen-bond acceptors (Lipinski definition) is 4. The van der Waals surface area contributed by atoms with E-state index in [-0.39, 0.29) is 10.6 Å². The van der Waals surface area contributed by atoms with E-state index in [2.05, 4.69) is 40.3 Å². The van der Waals surface area contributed by atoms with Crippen LogP contribution in [0.15, 0.2) is 31.2 Å². The van der Waals surface area contributed by atoms with Crippen LogP contribution in [0.1, 0.15) is 0 Å². The monoisotopic (exact) mass is 342 g/mol. The summed E-state index contributed by atoms with van der Waals surface area (Å²) in [4.78, 5) is -0.296. The Morgan fingerprint density at radius 1 is 1.21 bits per heavy atom. The van der Waals surface area contributed by atoms with Crippen LogP contribution in [0.4, 0.5) is 0 Å². The van der Waals surface area contributed by atoms with E-state index in [4.69, 9.17) is 4.55 Å². The number of hydrogen-bond donors (Lipinski definition) is 1. The first-order valence-electron chi connectivity index (χ1n) is 3.24. The Hall–Kier alpha value is -0.310. The molecule has 1 rings (SSSR count). The summed E-state index contributed by atoms with van der Waals surface area (Å²) in [5.41, 5.74) is 0.491. The fourth-order valence-electron chi connectivity index (χ4n) is 0.832. The maximum atomic E-state index is 10.9. The summed E-state index contributed by atoms with van der Waals surface area (Å²) in [5, 5.41) is 0. The van der Waals surface area contributed by atoms with Crippen LogP contribution >= 0.6 is 32.3 Å². The summed E-state index contributed by atoms with van der Waals surface area (Å²) in [5.74, 6) is 0. The highest BCUT2D eigenvalue weighted by Crippen LogP contribution is 2.15. The molecule has 0 aromatic rings. The Kier molecular flexibility index (Phi) is 3.76. The summed E-state index contributed by atoms with van der Waals surface area (Å²) in [6, 6.07) is 0. The van der Waals surface area contributed by atoms with E-state index in [9.17, 15) is 8.42 Å². The van der Waals surface area contributed by atoms with E-state index >= 15 is 0 Å². The molecule has 0 saturated heterocycles. The van der Waals surface area contributed by atoms with Crippen molar-refractivity contribution in [3.05, 3.63) is 23.1 Å². The molecule has 0 unspecified atom stereocenters. The first kappa shape index (κ1) is 11.8. The fourth-order valence-corrected chi connectivity index (χ4v) is 2.13. The van der Waals surface area contributed by atoms with Gasteiger partial charge in [-0.2, -0.15) is 8.42 Å². The molecule has 0 saturated carbocycles. The number of allylic oxidation sites excluding steroid dienone is 4. The average molecular weight is 344 g/mol. The second-order valence-electron chi connectivity index (χ2n) is 2.30. The molecule has 0 bridgehead atoms. The van der Waals surface area contributed by atoms with Gasteiger partial charge in [-0.1, -0.05) is 0 Å². The number of halogens is 2. The summed E-state index contributed by atoms with van der Waals surface area (Å²) in [6.45, 7) is 0. The predicted octanol–water partition coefficient (Wildman–Crippen LogP) is 1.83. The van der Waals surface area contributed by atoms with E-state index < -0.39 is 10.1 Å². The van der Waals surface area contributed by atoms with E-state index in [0.717, 1.165) is 0 Å². The molecule has 0 aromatic carbocycles. The van der Waals surface area contributed by atoms with Crippen molar-refractivity contribution < 1.29 is 13.0 Å². The zero-order valence-electron chi connectivity index (χ0n) is 6.55. The fraction of sp³-hybridized carbons (Fsp3) is 0. The molecular weight excluding hydrogens is 340 g/mol. The van der Waals surface area contributed by atoms with Crippen molar-refractivity contribution in [1.82, 2.24) is 0 Å². The van der Waals surface area contributed by atoms with Crippen molar-refractivity contribution in [3.63, 3.8) is 0 Å². The standard InChI is InChI=1S/C6H4Br2N2O3S/c7-9-4-1-2-5(10-8)6(3-4)14(11,12)13/h1-3H,(H,11,12,13)/b9-4-,10-5+. The molecule has 1 aliphatic rings. The van der Waals surface area contributed by atoms with Crippen molar-refractivity contribution in [3.8, 4) is 0 Å². The Morgan fingerprint density at radius 2 is 1.86 bits per heavy atom. The third-order valence-corrected chi connectivity index (χ3v) is 3.08. The summed E-state index contributed by atoms with van der Waals surface area (Å²) in [6.07, 6.45) is 4.16. The minimum absolute atomic E-state index is 0.118. The molecule has 76 valence electrons. The predicted molar refractivity (Wildman–Crippen MR) is 61.5 cm³/mol. The van der Waals surface area contributed by atoms with Gasteiger partial charge in [-0.25, -0.2) is 8.04 Å². The topological polar surface area (TPSA) is 79.1 Å². The second-order valence-corrected chi connectivity index (χ2v) is 4.40. The van der Waals surface area contributed by atoms with Gasteiger partial charge in [0.15, 0.2) is 0 Å². The Morgan fingerprint density at radius 3 is 2.29 bits per heavy atom. The molecule has 0 aliphatic heterocycles. The van der Waals surface area contributed by atoms with E-state index in [0.29, 0.717) is 5.71 Å². The van der Waals surface area contributed by atoms with Crippen LogP contribution in [0.2, 0.25) is 0 Å². The van der Waals surface area contributed by atoms with Crippen LogP contribution in [0, 0.1) is 0 Å². The molecule has 8 heteroatoms. The Labute approximate surface area is 97.8 Å². The van der Waals surface area contributed by atoms with E-state index in [1.54, 1.807) is 6.08 Å². The molecule has 1 aliphatic carbocycles. The molecule has 0 amide bonds. The molecule has 5 nitrogen and oxygen atoms in total. The molecular formula is C6H4Br2N2O3S. The summed E-state index contributed by atoms with van der Waals surface area (Å²) >= 11 is 5.57. The molecule has 0 heterocycles. The van der Waals surface area contributed by atoms with Crippen LogP contribution in [0.25, 0.3) is 0 Å². The highest BCUT2D eigenvalue weighted by molar-refractivity contribution is 9.08. The maximum absolute atomic E-state index is 10.9. The lowest BCUT2D eigenvalue weighted by Crippen LogP contribution is -2.15. The van der Waals surface area contributed by atoms with Gasteiger partial charge >= 0.3 is 0 Å². The molecule has 1 N–H and O–H groups in total. The van der Waals surface area contributed by atoms with E-state index in [1.807, 2.05) is 0 Å². The first-order valence-corrected chi connectivity index (χ1v) is 6.10. The summed E-state index contributed by atoms with van der Waals surface area (Å²) < 4.78 is 37.8. The SMILES string of the molecule is O=S(=O)(O)C1=CC(=N\Br)/C=CC/1=N\Br. The molecule has 0 radical (unpaired) electrons. The third-order valence-electron chi connectivity index (χ3n) is 1.41. The number of rotatable bonds is 1. The van der Waals surface area contributed by atoms with Gasteiger partial charge in [-0.3, -0.25) is 4.55 Å². The van der Waals surface area contributed by atoms with Crippen LogP contribution < -0.4 is 0 Å². The molecule has 0 aromatic heterocycles. The molecule has 0 spiro atoms. The lowest BCUT2D eigenvalue weighted by molar-refractivity contribution is 0.493. The van der Waals surface area contributed by atoms with Gasteiger partial charge in [0.25, 0.3) is 10.1 Å². The van der Waals surface area contributed by atoms with E-state index in [1.165, 1.54) is 12.2 Å².